The summed E-state index contributed by atoms with van der Waals surface area (Å²) in [5, 5.41) is 0. The van der Waals surface area contributed by atoms with Crippen molar-refractivity contribution in [2.45, 2.75) is 0 Å². The minimum absolute atomic E-state index is 0.182. The molecule has 0 unspecified atom stereocenters. The minimum atomic E-state index is -0.182. The lowest BCUT2D eigenvalue weighted by Gasteiger charge is -2.01. The lowest BCUT2D eigenvalue weighted by atomic mass is 10.1. The number of pyridine rings is 1. The summed E-state index contributed by atoms with van der Waals surface area (Å²) in [4.78, 5) is 4.02. The number of halogens is 2. The van der Waals surface area contributed by atoms with Gasteiger partial charge in [0.1, 0.15) is 5.82 Å². The van der Waals surface area contributed by atoms with Crippen LogP contribution in [-0.2, 0) is 0 Å². The molecule has 1 nitrogen and oxygen atoms in total. The Labute approximate surface area is 95.1 Å². The van der Waals surface area contributed by atoms with Crippen LogP contribution >= 0.6 is 22.6 Å². The maximum Gasteiger partial charge on any atom is 0.136 e. The Morgan fingerprint density at radius 3 is 2.64 bits per heavy atom. The van der Waals surface area contributed by atoms with E-state index in [-0.39, 0.29) is 5.82 Å². The fourth-order valence-electron chi connectivity index (χ4n) is 1.21. The third-order valence-corrected chi connectivity index (χ3v) is 2.74. The summed E-state index contributed by atoms with van der Waals surface area (Å²) in [5.74, 6) is -0.182. The average Bonchev–Trinajstić information content (AvgIpc) is 2.23. The van der Waals surface area contributed by atoms with Crippen LogP contribution in [-0.4, -0.2) is 4.98 Å². The largest absolute Gasteiger partial charge is 0.264 e. The Bertz CT molecular complexity index is 442. The van der Waals surface area contributed by atoms with Crippen LogP contribution in [0.15, 0.2) is 42.7 Å². The Morgan fingerprint density at radius 2 is 2.00 bits per heavy atom. The Balaban J connectivity index is 2.48. The van der Waals surface area contributed by atoms with Crippen LogP contribution in [0.2, 0.25) is 0 Å². The molecule has 3 heteroatoms. The molecule has 70 valence electrons. The van der Waals surface area contributed by atoms with Crippen LogP contribution in [0.3, 0.4) is 0 Å². The number of nitrogens with zero attached hydrogens (tertiary/aromatic N) is 1. The van der Waals surface area contributed by atoms with Gasteiger partial charge in [-0.25, -0.2) is 4.39 Å². The summed E-state index contributed by atoms with van der Waals surface area (Å²) < 4.78 is 13.6. The molecule has 0 spiro atoms. The topological polar surface area (TPSA) is 12.9 Å². The molecule has 1 aromatic carbocycles. The van der Waals surface area contributed by atoms with Crippen molar-refractivity contribution in [3.05, 3.63) is 52.1 Å². The second-order valence-electron chi connectivity index (χ2n) is 2.87. The first-order valence-corrected chi connectivity index (χ1v) is 5.21. The van der Waals surface area contributed by atoms with Gasteiger partial charge in [0.25, 0.3) is 0 Å². The van der Waals surface area contributed by atoms with E-state index in [1.807, 2.05) is 40.8 Å². The maximum atomic E-state index is 13.0. The molecule has 1 heterocycles. The summed E-state index contributed by atoms with van der Waals surface area (Å²) >= 11 is 1.98. The number of aromatic nitrogens is 1. The molecule has 1 aromatic heterocycles. The summed E-state index contributed by atoms with van der Waals surface area (Å²) in [7, 11) is 0. The molecule has 0 N–H and O–H groups in total. The number of hydrogen-bond donors (Lipinski definition) is 0. The van der Waals surface area contributed by atoms with Crippen molar-refractivity contribution in [2.75, 3.05) is 0 Å². The van der Waals surface area contributed by atoms with Crippen LogP contribution in [0, 0.1) is 9.39 Å². The number of benzene rings is 1. The van der Waals surface area contributed by atoms with Crippen molar-refractivity contribution in [1.29, 1.82) is 0 Å². The Morgan fingerprint density at radius 1 is 1.14 bits per heavy atom. The van der Waals surface area contributed by atoms with E-state index in [4.69, 9.17) is 0 Å². The van der Waals surface area contributed by atoms with Gasteiger partial charge >= 0.3 is 0 Å². The molecule has 0 saturated heterocycles. The molecular formula is C11H7FIN. The van der Waals surface area contributed by atoms with Crippen molar-refractivity contribution in [1.82, 2.24) is 4.98 Å². The van der Waals surface area contributed by atoms with E-state index >= 15 is 0 Å². The molecule has 0 aliphatic rings. The maximum absolute atomic E-state index is 13.0. The summed E-state index contributed by atoms with van der Waals surface area (Å²) in [6.45, 7) is 0. The molecular weight excluding hydrogens is 292 g/mol. The molecule has 0 fully saturated rings. The molecule has 14 heavy (non-hydrogen) atoms. The zero-order valence-corrected chi connectivity index (χ0v) is 9.40. The zero-order valence-electron chi connectivity index (χ0n) is 7.24. The predicted molar refractivity (Wildman–Crippen MR) is 62.3 cm³/mol. The number of hydrogen-bond acceptors (Lipinski definition) is 1. The van der Waals surface area contributed by atoms with E-state index in [9.17, 15) is 4.39 Å². The highest BCUT2D eigenvalue weighted by Crippen LogP contribution is 2.21. The Hall–Kier alpha value is -0.970. The highest BCUT2D eigenvalue weighted by atomic mass is 127. The van der Waals surface area contributed by atoms with Gasteiger partial charge in [0, 0.05) is 21.5 Å². The van der Waals surface area contributed by atoms with Gasteiger partial charge in [0.15, 0.2) is 0 Å². The van der Waals surface area contributed by atoms with Crippen molar-refractivity contribution in [2.24, 2.45) is 0 Å². The van der Waals surface area contributed by atoms with Crippen molar-refractivity contribution in [3.8, 4) is 11.1 Å². The van der Waals surface area contributed by atoms with Crippen molar-refractivity contribution in [3.63, 3.8) is 0 Å². The van der Waals surface area contributed by atoms with Gasteiger partial charge in [-0.2, -0.15) is 0 Å². The molecule has 0 aliphatic carbocycles. The highest BCUT2D eigenvalue weighted by molar-refractivity contribution is 14.1. The molecule has 0 saturated carbocycles. The summed E-state index contributed by atoms with van der Waals surface area (Å²) in [6.07, 6.45) is 3.49. The van der Waals surface area contributed by atoms with Crippen molar-refractivity contribution < 1.29 is 4.39 Å². The first-order valence-electron chi connectivity index (χ1n) is 4.13. The van der Waals surface area contributed by atoms with Crippen LogP contribution in [0.5, 0.6) is 0 Å². The van der Waals surface area contributed by atoms with E-state index in [1.165, 1.54) is 6.07 Å². The van der Waals surface area contributed by atoms with Gasteiger partial charge < -0.3 is 0 Å². The third kappa shape index (κ3) is 1.92. The molecule has 2 rings (SSSR count). The van der Waals surface area contributed by atoms with Gasteiger partial charge in [0.2, 0.25) is 0 Å². The second-order valence-corrected chi connectivity index (χ2v) is 4.03. The quantitative estimate of drug-likeness (QED) is 0.735. The second kappa shape index (κ2) is 4.04. The Kier molecular flexibility index (Phi) is 2.77. The van der Waals surface area contributed by atoms with E-state index in [0.717, 1.165) is 11.1 Å². The van der Waals surface area contributed by atoms with Gasteiger partial charge in [-0.15, -0.1) is 0 Å². The smallest absolute Gasteiger partial charge is 0.136 e. The lowest BCUT2D eigenvalue weighted by molar-refractivity contribution is 0.620. The third-order valence-electron chi connectivity index (χ3n) is 1.91. The zero-order chi connectivity index (χ0) is 9.97. The first kappa shape index (κ1) is 9.58. The van der Waals surface area contributed by atoms with Gasteiger partial charge in [-0.3, -0.25) is 4.98 Å². The fraction of sp³-hybridized carbons (Fsp3) is 0. The lowest BCUT2D eigenvalue weighted by Crippen LogP contribution is -1.84. The van der Waals surface area contributed by atoms with E-state index < -0.39 is 0 Å². The van der Waals surface area contributed by atoms with E-state index in [2.05, 4.69) is 4.98 Å². The average molecular weight is 299 g/mol. The number of rotatable bonds is 1. The van der Waals surface area contributed by atoms with E-state index in [0.29, 0.717) is 3.57 Å². The normalized spacial score (nSPS) is 10.1. The fourth-order valence-corrected chi connectivity index (χ4v) is 1.72. The summed E-state index contributed by atoms with van der Waals surface area (Å²) in [5.41, 5.74) is 1.99. The summed E-state index contributed by atoms with van der Waals surface area (Å²) in [6, 6.07) is 8.87. The molecule has 0 radical (unpaired) electrons. The van der Waals surface area contributed by atoms with Crippen LogP contribution < -0.4 is 0 Å². The van der Waals surface area contributed by atoms with Crippen LogP contribution in [0.1, 0.15) is 0 Å². The molecule has 2 aromatic rings. The van der Waals surface area contributed by atoms with Gasteiger partial charge in [0.05, 0.1) is 0 Å². The SMILES string of the molecule is Fc1ccc(-c2cccnc2)cc1I. The molecule has 0 aliphatic heterocycles. The minimum Gasteiger partial charge on any atom is -0.264 e. The monoisotopic (exact) mass is 299 g/mol. The molecule has 0 bridgehead atoms. The van der Waals surface area contributed by atoms with Crippen LogP contribution in [0.4, 0.5) is 4.39 Å². The van der Waals surface area contributed by atoms with Gasteiger partial charge in [-0.05, 0) is 46.4 Å². The van der Waals surface area contributed by atoms with Crippen molar-refractivity contribution >= 4 is 22.6 Å². The highest BCUT2D eigenvalue weighted by Gasteiger charge is 2.01. The van der Waals surface area contributed by atoms with E-state index in [1.54, 1.807) is 18.5 Å². The van der Waals surface area contributed by atoms with Gasteiger partial charge in [-0.1, -0.05) is 12.1 Å². The first-order chi connectivity index (χ1) is 6.77. The predicted octanol–water partition coefficient (Wildman–Crippen LogP) is 3.49. The molecule has 0 atom stereocenters. The van der Waals surface area contributed by atoms with Crippen LogP contribution in [0.25, 0.3) is 11.1 Å². The molecule has 0 amide bonds. The standard InChI is InChI=1S/C11H7FIN/c12-10-4-3-8(6-11(10)13)9-2-1-5-14-7-9/h1-7H.